The van der Waals surface area contributed by atoms with Gasteiger partial charge in [-0.1, -0.05) is 0 Å². The van der Waals surface area contributed by atoms with Gasteiger partial charge in [-0.2, -0.15) is 5.10 Å². The fourth-order valence-electron chi connectivity index (χ4n) is 4.38. The zero-order valence-corrected chi connectivity index (χ0v) is 18.6. The van der Waals surface area contributed by atoms with E-state index in [2.05, 4.69) is 10.2 Å². The smallest absolute Gasteiger partial charge is 0.335 e. The van der Waals surface area contributed by atoms with Crippen LogP contribution in [0.2, 0.25) is 0 Å². The standard InChI is InChI=1S/C23H24N4O7/c1-11-16(20(29)26(24-11)15-6-3-13(4-7-15)22(31)32)10-17-12(2)25-27(21(17)30)18-8-5-14(23(33)34)9-19(18)28/h3-4,6-7,10,14,18-19,24,28H,5,8-9H2,1-2H3,(H,31,32)(H,33,34). The summed E-state index contributed by atoms with van der Waals surface area (Å²) in [6.45, 7) is 3.31. The molecule has 34 heavy (non-hydrogen) atoms. The van der Waals surface area contributed by atoms with E-state index in [1.807, 2.05) is 0 Å². The largest absolute Gasteiger partial charge is 0.481 e. The number of H-pyrrole nitrogens is 1. The van der Waals surface area contributed by atoms with Gasteiger partial charge in [0.2, 0.25) is 0 Å². The zero-order valence-electron chi connectivity index (χ0n) is 18.6. The number of aliphatic hydroxyl groups excluding tert-OH is 1. The summed E-state index contributed by atoms with van der Waals surface area (Å²) in [5, 5.41) is 37.1. The van der Waals surface area contributed by atoms with Gasteiger partial charge in [0.25, 0.3) is 11.5 Å². The number of nitrogens with one attached hydrogen (secondary N) is 1. The normalized spacial score (nSPS) is 23.9. The first-order valence-corrected chi connectivity index (χ1v) is 10.8. The maximum atomic E-state index is 13.1. The molecule has 0 bridgehead atoms. The molecule has 1 amide bonds. The molecule has 178 valence electrons. The third-order valence-electron chi connectivity index (χ3n) is 6.31. The van der Waals surface area contributed by atoms with Crippen molar-refractivity contribution in [3.05, 3.63) is 57.0 Å². The number of amides is 1. The molecule has 11 nitrogen and oxygen atoms in total. The Hall–Kier alpha value is -3.99. The lowest BCUT2D eigenvalue weighted by molar-refractivity contribution is -0.146. The van der Waals surface area contributed by atoms with E-state index >= 15 is 0 Å². The first kappa shape index (κ1) is 23.2. The number of aromatic carboxylic acids is 1. The van der Waals surface area contributed by atoms with E-state index < -0.39 is 41.5 Å². The molecule has 1 aliphatic heterocycles. The maximum Gasteiger partial charge on any atom is 0.335 e. The topological polar surface area (TPSA) is 165 Å². The lowest BCUT2D eigenvalue weighted by Gasteiger charge is -2.34. The number of hydrogen-bond acceptors (Lipinski definition) is 6. The van der Waals surface area contributed by atoms with Crippen molar-refractivity contribution >= 4 is 29.6 Å². The second-order valence-electron chi connectivity index (χ2n) is 8.52. The van der Waals surface area contributed by atoms with Gasteiger partial charge in [-0.15, -0.1) is 0 Å². The second-order valence-corrected chi connectivity index (χ2v) is 8.52. The summed E-state index contributed by atoms with van der Waals surface area (Å²) >= 11 is 0. The van der Waals surface area contributed by atoms with Crippen LogP contribution in [0.3, 0.4) is 0 Å². The van der Waals surface area contributed by atoms with Crippen molar-refractivity contribution in [2.75, 3.05) is 0 Å². The molecule has 4 N–H and O–H groups in total. The van der Waals surface area contributed by atoms with Crippen LogP contribution in [-0.2, 0) is 9.59 Å². The molecule has 2 aromatic rings. The van der Waals surface area contributed by atoms with Crippen molar-refractivity contribution in [1.29, 1.82) is 0 Å². The molecule has 11 heteroatoms. The lowest BCUT2D eigenvalue weighted by atomic mass is 9.83. The summed E-state index contributed by atoms with van der Waals surface area (Å²) in [6.07, 6.45) is 1.11. The average molecular weight is 468 g/mol. The van der Waals surface area contributed by atoms with E-state index in [4.69, 9.17) is 5.11 Å². The van der Waals surface area contributed by atoms with Gasteiger partial charge in [0, 0.05) is 5.69 Å². The number of carboxylic acid groups (broad SMARTS) is 2. The molecule has 1 aliphatic carbocycles. The summed E-state index contributed by atoms with van der Waals surface area (Å²) < 4.78 is 1.26. The van der Waals surface area contributed by atoms with Crippen LogP contribution in [0.4, 0.5) is 0 Å². The Labute approximate surface area is 193 Å². The van der Waals surface area contributed by atoms with Gasteiger partial charge < -0.3 is 15.3 Å². The minimum absolute atomic E-state index is 0.0414. The molecular formula is C23H24N4O7. The van der Waals surface area contributed by atoms with Crippen LogP contribution in [0.25, 0.3) is 11.8 Å². The Kier molecular flexibility index (Phi) is 5.96. The number of nitrogens with zero attached hydrogens (tertiary/aromatic N) is 3. The summed E-state index contributed by atoms with van der Waals surface area (Å²) in [6, 6.07) is 5.14. The molecule has 0 spiro atoms. The van der Waals surface area contributed by atoms with Crippen molar-refractivity contribution < 1.29 is 29.7 Å². The van der Waals surface area contributed by atoms with E-state index in [0.717, 1.165) is 0 Å². The van der Waals surface area contributed by atoms with Crippen molar-refractivity contribution in [3.63, 3.8) is 0 Å². The minimum atomic E-state index is -1.08. The number of rotatable bonds is 5. The predicted octanol–water partition coefficient (Wildman–Crippen LogP) is 1.39. The number of aromatic amines is 1. The van der Waals surface area contributed by atoms with Crippen LogP contribution in [0.5, 0.6) is 0 Å². The highest BCUT2D eigenvalue weighted by Crippen LogP contribution is 2.32. The first-order chi connectivity index (χ1) is 16.1. The zero-order chi connectivity index (χ0) is 24.7. The third-order valence-corrected chi connectivity index (χ3v) is 6.31. The summed E-state index contributed by atoms with van der Waals surface area (Å²) in [4.78, 5) is 48.5. The Balaban J connectivity index is 1.61. The average Bonchev–Trinajstić information content (AvgIpc) is 3.24. The summed E-state index contributed by atoms with van der Waals surface area (Å²) in [5.41, 5.74) is 1.44. The Morgan fingerprint density at radius 1 is 1.12 bits per heavy atom. The monoisotopic (exact) mass is 468 g/mol. The molecule has 2 heterocycles. The highest BCUT2D eigenvalue weighted by molar-refractivity contribution is 6.26. The number of hydrazone groups is 1. The van der Waals surface area contributed by atoms with Gasteiger partial charge in [-0.25, -0.2) is 14.5 Å². The Bertz CT molecular complexity index is 1290. The van der Waals surface area contributed by atoms with Gasteiger partial charge in [-0.05, 0) is 63.5 Å². The first-order valence-electron chi connectivity index (χ1n) is 10.8. The van der Waals surface area contributed by atoms with E-state index in [9.17, 15) is 29.4 Å². The molecule has 2 aliphatic rings. The molecule has 4 rings (SSSR count). The van der Waals surface area contributed by atoms with Gasteiger partial charge >= 0.3 is 11.9 Å². The third kappa shape index (κ3) is 4.05. The molecule has 3 unspecified atom stereocenters. The quantitative estimate of drug-likeness (QED) is 0.481. The van der Waals surface area contributed by atoms with Crippen LogP contribution >= 0.6 is 0 Å². The fraction of sp³-hybridized carbons (Fsp3) is 0.348. The Morgan fingerprint density at radius 2 is 1.79 bits per heavy atom. The second kappa shape index (κ2) is 8.75. The van der Waals surface area contributed by atoms with Crippen LogP contribution in [-0.4, -0.2) is 65.8 Å². The number of carbonyl (C=O) groups is 3. The number of hydrogen-bond donors (Lipinski definition) is 4. The van der Waals surface area contributed by atoms with Gasteiger partial charge in [-0.3, -0.25) is 19.5 Å². The summed E-state index contributed by atoms with van der Waals surface area (Å²) in [7, 11) is 0. The highest BCUT2D eigenvalue weighted by atomic mass is 16.4. The molecule has 1 aromatic heterocycles. The number of benzene rings is 1. The number of carboxylic acids is 2. The van der Waals surface area contributed by atoms with Crippen LogP contribution in [0, 0.1) is 12.8 Å². The van der Waals surface area contributed by atoms with Gasteiger partial charge in [0.15, 0.2) is 0 Å². The van der Waals surface area contributed by atoms with Crippen molar-refractivity contribution in [2.24, 2.45) is 11.0 Å². The molecule has 1 saturated carbocycles. The predicted molar refractivity (Wildman–Crippen MR) is 121 cm³/mol. The molecule has 0 saturated heterocycles. The van der Waals surface area contributed by atoms with Crippen molar-refractivity contribution in [1.82, 2.24) is 14.8 Å². The molecule has 3 atom stereocenters. The van der Waals surface area contributed by atoms with Gasteiger partial charge in [0.05, 0.1) is 46.2 Å². The van der Waals surface area contributed by atoms with E-state index in [1.165, 1.54) is 40.0 Å². The van der Waals surface area contributed by atoms with Crippen LogP contribution in [0.1, 0.15) is 47.8 Å². The maximum absolute atomic E-state index is 13.1. The van der Waals surface area contributed by atoms with Gasteiger partial charge in [0.1, 0.15) is 0 Å². The number of aliphatic hydroxyl groups is 1. The molecule has 1 aromatic carbocycles. The van der Waals surface area contributed by atoms with E-state index in [-0.39, 0.29) is 23.1 Å². The number of aliphatic carboxylic acids is 1. The molecular weight excluding hydrogens is 444 g/mol. The van der Waals surface area contributed by atoms with Crippen molar-refractivity contribution in [3.8, 4) is 5.69 Å². The number of aromatic nitrogens is 2. The molecule has 0 radical (unpaired) electrons. The van der Waals surface area contributed by atoms with Crippen LogP contribution < -0.4 is 5.56 Å². The number of carbonyl (C=O) groups excluding carboxylic acids is 1. The van der Waals surface area contributed by atoms with Crippen LogP contribution in [0.15, 0.2) is 39.7 Å². The number of aryl methyl sites for hydroxylation is 1. The Morgan fingerprint density at radius 3 is 2.38 bits per heavy atom. The molecule has 1 fully saturated rings. The lowest BCUT2D eigenvalue weighted by Crippen LogP contribution is -2.47. The minimum Gasteiger partial charge on any atom is -0.481 e. The fourth-order valence-corrected chi connectivity index (χ4v) is 4.38. The summed E-state index contributed by atoms with van der Waals surface area (Å²) in [5.74, 6) is -3.17. The van der Waals surface area contributed by atoms with E-state index in [0.29, 0.717) is 29.9 Å². The van der Waals surface area contributed by atoms with Crippen molar-refractivity contribution in [2.45, 2.75) is 45.3 Å². The highest BCUT2D eigenvalue weighted by Gasteiger charge is 2.41. The SMILES string of the molecule is CC1=NN(C2CCC(C(=O)O)CC2O)C(=O)C1=Cc1c(C)[nH]n(-c2ccc(C(=O)O)cc2)c1=O. The van der Waals surface area contributed by atoms with E-state index in [1.54, 1.807) is 13.8 Å².